The lowest BCUT2D eigenvalue weighted by atomic mass is 9.80. The number of carbonyl (C=O) groups excluding carboxylic acids is 2. The summed E-state index contributed by atoms with van der Waals surface area (Å²) in [6, 6.07) is 6.02. The third-order valence-corrected chi connectivity index (χ3v) is 8.72. The van der Waals surface area contributed by atoms with Gasteiger partial charge in [-0.2, -0.15) is 0 Å². The van der Waals surface area contributed by atoms with Gasteiger partial charge in [0.15, 0.2) is 0 Å². The monoisotopic (exact) mass is 506 g/mol. The average Bonchev–Trinajstić information content (AvgIpc) is 3.12. The predicted octanol–water partition coefficient (Wildman–Crippen LogP) is 4.97. The van der Waals surface area contributed by atoms with Gasteiger partial charge in [-0.05, 0) is 81.0 Å². The molecule has 2 amide bonds. The molecule has 1 aromatic carbocycles. The van der Waals surface area contributed by atoms with Crippen molar-refractivity contribution in [2.45, 2.75) is 77.2 Å². The third kappa shape index (κ3) is 6.61. The van der Waals surface area contributed by atoms with E-state index in [4.69, 9.17) is 4.99 Å². The van der Waals surface area contributed by atoms with Crippen LogP contribution in [0, 0.1) is 18.8 Å². The molecule has 0 radical (unpaired) electrons. The zero-order chi connectivity index (χ0) is 25.0. The molecule has 192 valence electrons. The number of rotatable bonds is 8. The van der Waals surface area contributed by atoms with Crippen LogP contribution in [0.2, 0.25) is 0 Å². The number of halogens is 2. The lowest BCUT2D eigenvalue weighted by Gasteiger charge is -2.34. The molecule has 0 bridgehead atoms. The van der Waals surface area contributed by atoms with E-state index < -0.39 is 12.0 Å². The quantitative estimate of drug-likeness (QED) is 0.489. The predicted molar refractivity (Wildman–Crippen MR) is 137 cm³/mol. The third-order valence-electron chi connectivity index (χ3n) is 7.60. The Kier molecular flexibility index (Phi) is 8.47. The van der Waals surface area contributed by atoms with Crippen LogP contribution in [0.5, 0.6) is 0 Å². The number of amidine groups is 1. The number of carbonyl (C=O) groups is 2. The first-order valence-electron chi connectivity index (χ1n) is 12.7. The number of nitrogens with one attached hydrogen (secondary N) is 2. The van der Waals surface area contributed by atoms with E-state index in [-0.39, 0.29) is 30.1 Å². The Morgan fingerprint density at radius 3 is 2.60 bits per heavy atom. The summed E-state index contributed by atoms with van der Waals surface area (Å²) in [5.74, 6) is 1.99. The Labute approximate surface area is 210 Å². The number of nitrogens with zero attached hydrogens (tertiary/aromatic N) is 2. The number of benzene rings is 1. The van der Waals surface area contributed by atoms with E-state index in [2.05, 4.69) is 27.9 Å². The molecule has 35 heavy (non-hydrogen) atoms. The Balaban J connectivity index is 1.23. The molecule has 1 saturated carbocycles. The average molecular weight is 507 g/mol. The number of alkyl halides is 2. The molecule has 0 atom stereocenters. The Hall–Kier alpha value is -2.00. The second kappa shape index (κ2) is 11.4. The number of hydrogen-bond acceptors (Lipinski definition) is 5. The van der Waals surface area contributed by atoms with E-state index in [0.717, 1.165) is 62.5 Å². The topological polar surface area (TPSA) is 73.8 Å². The normalized spacial score (nSPS) is 24.5. The lowest BCUT2D eigenvalue weighted by Crippen LogP contribution is -2.47. The minimum absolute atomic E-state index is 0.00898. The summed E-state index contributed by atoms with van der Waals surface area (Å²) in [7, 11) is 0. The van der Waals surface area contributed by atoms with Gasteiger partial charge < -0.3 is 10.6 Å². The fourth-order valence-electron chi connectivity index (χ4n) is 5.53. The molecule has 2 N–H and O–H groups in total. The fraction of sp³-hybridized carbons (Fsp3) is 0.654. The molecule has 1 aromatic rings. The molecule has 2 heterocycles. The molecule has 2 fully saturated rings. The van der Waals surface area contributed by atoms with Gasteiger partial charge in [0.1, 0.15) is 11.4 Å². The second-order valence-corrected chi connectivity index (χ2v) is 11.3. The SMILES string of the molecule is CC(=O)Nc1ccc(CCSN2CCC3(CC2)N=C(C2CCC(CC(F)F)CC2)NC3=O)c(C)c1. The highest BCUT2D eigenvalue weighted by atomic mass is 32.2. The maximum absolute atomic E-state index is 12.9. The van der Waals surface area contributed by atoms with Gasteiger partial charge in [-0.1, -0.05) is 18.0 Å². The summed E-state index contributed by atoms with van der Waals surface area (Å²) in [5, 5.41) is 5.87. The van der Waals surface area contributed by atoms with E-state index in [9.17, 15) is 18.4 Å². The Bertz CT molecular complexity index is 955. The minimum atomic E-state index is -2.23. The smallest absolute Gasteiger partial charge is 0.253 e. The van der Waals surface area contributed by atoms with Crippen LogP contribution in [0.3, 0.4) is 0 Å². The first-order valence-corrected chi connectivity index (χ1v) is 13.6. The number of hydrogen-bond donors (Lipinski definition) is 2. The van der Waals surface area contributed by atoms with Crippen molar-refractivity contribution in [1.82, 2.24) is 9.62 Å². The highest BCUT2D eigenvalue weighted by Gasteiger charge is 2.47. The first-order chi connectivity index (χ1) is 16.7. The van der Waals surface area contributed by atoms with E-state index in [1.54, 1.807) is 0 Å². The summed E-state index contributed by atoms with van der Waals surface area (Å²) in [4.78, 5) is 29.0. The number of aryl methyl sites for hydroxylation is 2. The molecular weight excluding hydrogens is 470 g/mol. The summed E-state index contributed by atoms with van der Waals surface area (Å²) < 4.78 is 27.7. The molecule has 9 heteroatoms. The van der Waals surface area contributed by atoms with Gasteiger partial charge in [0, 0.05) is 43.8 Å². The van der Waals surface area contributed by atoms with Crippen molar-refractivity contribution in [2.24, 2.45) is 16.8 Å². The van der Waals surface area contributed by atoms with Crippen LogP contribution >= 0.6 is 11.9 Å². The molecule has 6 nitrogen and oxygen atoms in total. The standard InChI is InChI=1S/C26H36F2N4O2S/c1-17-15-22(29-18(2)33)8-7-20(17)9-14-35-32-12-10-26(11-13-32)25(34)30-24(31-26)21-5-3-19(4-6-21)16-23(27)28/h7-8,15,19,21,23H,3-6,9-14,16H2,1-2H3,(H,29,33)(H,30,31,34). The molecule has 1 saturated heterocycles. The minimum Gasteiger partial charge on any atom is -0.326 e. The molecule has 1 aliphatic carbocycles. The Morgan fingerprint density at radius 2 is 1.97 bits per heavy atom. The molecule has 0 aromatic heterocycles. The second-order valence-electron chi connectivity index (χ2n) is 10.2. The summed E-state index contributed by atoms with van der Waals surface area (Å²) in [6.45, 7) is 5.20. The van der Waals surface area contributed by atoms with Crippen molar-refractivity contribution in [3.63, 3.8) is 0 Å². The number of aliphatic imine (C=N–C) groups is 1. The first kappa shape index (κ1) is 26.1. The van der Waals surface area contributed by atoms with Crippen LogP contribution in [0.25, 0.3) is 0 Å². The van der Waals surface area contributed by atoms with Gasteiger partial charge in [-0.3, -0.25) is 18.9 Å². The van der Waals surface area contributed by atoms with Crippen molar-refractivity contribution in [2.75, 3.05) is 24.2 Å². The largest absolute Gasteiger partial charge is 0.326 e. The lowest BCUT2D eigenvalue weighted by molar-refractivity contribution is -0.125. The number of anilines is 1. The highest BCUT2D eigenvalue weighted by Crippen LogP contribution is 2.37. The van der Waals surface area contributed by atoms with Crippen molar-refractivity contribution < 1.29 is 18.4 Å². The van der Waals surface area contributed by atoms with Crippen molar-refractivity contribution in [3.8, 4) is 0 Å². The van der Waals surface area contributed by atoms with Gasteiger partial charge >= 0.3 is 0 Å². The van der Waals surface area contributed by atoms with Gasteiger partial charge in [-0.25, -0.2) is 8.78 Å². The van der Waals surface area contributed by atoms with E-state index >= 15 is 0 Å². The Morgan fingerprint density at radius 1 is 1.26 bits per heavy atom. The van der Waals surface area contributed by atoms with Crippen LogP contribution in [-0.4, -0.2) is 52.8 Å². The van der Waals surface area contributed by atoms with Crippen LogP contribution in [0.1, 0.15) is 63.0 Å². The summed E-state index contributed by atoms with van der Waals surface area (Å²) in [5.41, 5.74) is 2.61. The fourth-order valence-corrected chi connectivity index (χ4v) is 6.54. The van der Waals surface area contributed by atoms with E-state index in [1.165, 1.54) is 18.1 Å². The van der Waals surface area contributed by atoms with Crippen molar-refractivity contribution >= 4 is 35.3 Å². The molecular formula is C26H36F2N4O2S. The van der Waals surface area contributed by atoms with E-state index in [0.29, 0.717) is 12.8 Å². The zero-order valence-corrected chi connectivity index (χ0v) is 21.4. The number of piperidine rings is 1. The van der Waals surface area contributed by atoms with Crippen LogP contribution in [-0.2, 0) is 16.0 Å². The van der Waals surface area contributed by atoms with Gasteiger partial charge in [-0.15, -0.1) is 0 Å². The molecule has 2 aliphatic heterocycles. The molecule has 0 unspecified atom stereocenters. The maximum Gasteiger partial charge on any atom is 0.253 e. The van der Waals surface area contributed by atoms with Gasteiger partial charge in [0.25, 0.3) is 5.91 Å². The molecule has 4 rings (SSSR count). The van der Waals surface area contributed by atoms with Crippen molar-refractivity contribution in [1.29, 1.82) is 0 Å². The summed E-state index contributed by atoms with van der Waals surface area (Å²) in [6.07, 6.45) is 3.36. The van der Waals surface area contributed by atoms with Gasteiger partial charge in [0.2, 0.25) is 12.3 Å². The molecule has 1 spiro atoms. The van der Waals surface area contributed by atoms with Gasteiger partial charge in [0.05, 0.1) is 0 Å². The van der Waals surface area contributed by atoms with Crippen molar-refractivity contribution in [3.05, 3.63) is 29.3 Å². The number of amides is 2. The van der Waals surface area contributed by atoms with Crippen LogP contribution < -0.4 is 10.6 Å². The van der Waals surface area contributed by atoms with Crippen LogP contribution in [0.15, 0.2) is 23.2 Å². The highest BCUT2D eigenvalue weighted by molar-refractivity contribution is 7.97. The van der Waals surface area contributed by atoms with E-state index in [1.807, 2.05) is 24.1 Å². The molecule has 3 aliphatic rings. The zero-order valence-electron chi connectivity index (χ0n) is 20.6. The van der Waals surface area contributed by atoms with Crippen LogP contribution in [0.4, 0.5) is 14.5 Å². The maximum atomic E-state index is 12.9. The summed E-state index contributed by atoms with van der Waals surface area (Å²) >= 11 is 1.82.